The summed E-state index contributed by atoms with van der Waals surface area (Å²) in [5, 5.41) is 11.7. The van der Waals surface area contributed by atoms with Gasteiger partial charge in [0.05, 0.1) is 0 Å². The van der Waals surface area contributed by atoms with Gasteiger partial charge in [-0.15, -0.1) is 0 Å². The Balaban J connectivity index is 1.98. The summed E-state index contributed by atoms with van der Waals surface area (Å²) in [6.07, 6.45) is 1.56. The average molecular weight is 420 g/mol. The standard InChI is InChI=1S/C14H14N3O2.3CH3.Sn/c15-9-12-7-4-8-17(12)13(18)10-16-14(19)11-5-2-1-3-6-11;;;;/h1-2,5-6,12H,4,7-8,10H2,(H,16,19);3*1H3;. The molecule has 2 amide bonds. The molecule has 1 atom stereocenters. The van der Waals surface area contributed by atoms with Crippen molar-refractivity contribution < 1.29 is 9.59 Å². The van der Waals surface area contributed by atoms with E-state index in [0.717, 1.165) is 12.8 Å². The summed E-state index contributed by atoms with van der Waals surface area (Å²) in [7, 11) is 0. The van der Waals surface area contributed by atoms with Gasteiger partial charge in [0.2, 0.25) is 0 Å². The summed E-state index contributed by atoms with van der Waals surface area (Å²) >= 11 is -2.22. The third-order valence-corrected chi connectivity index (χ3v) is 9.94. The third kappa shape index (κ3) is 4.47. The van der Waals surface area contributed by atoms with E-state index in [4.69, 9.17) is 5.26 Å². The van der Waals surface area contributed by atoms with Crippen LogP contribution in [0.2, 0.25) is 14.8 Å². The first-order chi connectivity index (χ1) is 10.8. The molecule has 1 unspecified atom stereocenters. The van der Waals surface area contributed by atoms with Gasteiger partial charge >= 0.3 is 142 Å². The van der Waals surface area contributed by atoms with E-state index in [9.17, 15) is 9.59 Å². The van der Waals surface area contributed by atoms with Gasteiger partial charge in [-0.2, -0.15) is 0 Å². The van der Waals surface area contributed by atoms with Crippen molar-refractivity contribution in [2.75, 3.05) is 13.1 Å². The molecule has 1 aromatic rings. The molecule has 1 aromatic carbocycles. The zero-order valence-corrected chi connectivity index (χ0v) is 16.8. The van der Waals surface area contributed by atoms with Gasteiger partial charge in [-0.05, 0) is 0 Å². The van der Waals surface area contributed by atoms with E-state index in [1.807, 2.05) is 12.1 Å². The van der Waals surface area contributed by atoms with Crippen molar-refractivity contribution in [2.45, 2.75) is 33.7 Å². The third-order valence-electron chi connectivity index (χ3n) is 4.11. The fourth-order valence-electron chi connectivity index (χ4n) is 2.69. The van der Waals surface area contributed by atoms with Crippen LogP contribution in [-0.4, -0.2) is 54.2 Å². The molecule has 0 bridgehead atoms. The maximum absolute atomic E-state index is 12.3. The van der Waals surface area contributed by atoms with Crippen molar-refractivity contribution in [1.82, 2.24) is 10.2 Å². The first-order valence-corrected chi connectivity index (χ1v) is 17.9. The van der Waals surface area contributed by atoms with E-state index in [1.165, 1.54) is 3.58 Å². The summed E-state index contributed by atoms with van der Waals surface area (Å²) in [6, 6.07) is 9.50. The molecule has 1 heterocycles. The van der Waals surface area contributed by atoms with Crippen molar-refractivity contribution in [3.63, 3.8) is 0 Å². The molecule has 0 aromatic heterocycles. The Morgan fingerprint density at radius 2 is 2.13 bits per heavy atom. The molecule has 122 valence electrons. The Labute approximate surface area is 141 Å². The molecule has 1 N–H and O–H groups in total. The van der Waals surface area contributed by atoms with E-state index in [-0.39, 0.29) is 24.4 Å². The molecule has 0 saturated carbocycles. The second-order valence-electron chi connectivity index (χ2n) is 6.89. The van der Waals surface area contributed by atoms with Gasteiger partial charge in [0.15, 0.2) is 0 Å². The van der Waals surface area contributed by atoms with Crippen molar-refractivity contribution in [1.29, 1.82) is 5.26 Å². The quantitative estimate of drug-likeness (QED) is 0.751. The molecule has 0 aliphatic carbocycles. The van der Waals surface area contributed by atoms with E-state index in [2.05, 4.69) is 32.3 Å². The fourth-order valence-corrected chi connectivity index (χ4v) is 6.07. The minimum atomic E-state index is -2.22. The molecule has 23 heavy (non-hydrogen) atoms. The summed E-state index contributed by atoms with van der Waals surface area (Å²) in [5.41, 5.74) is 0.597. The normalized spacial score (nSPS) is 17.7. The van der Waals surface area contributed by atoms with Crippen LogP contribution < -0.4 is 8.90 Å². The molecule has 1 aliphatic heterocycles. The number of amides is 2. The number of nitrogens with zero attached hydrogens (tertiary/aromatic N) is 2. The molecule has 0 radical (unpaired) electrons. The molecular weight excluding hydrogens is 397 g/mol. The zero-order valence-electron chi connectivity index (χ0n) is 13.9. The summed E-state index contributed by atoms with van der Waals surface area (Å²) in [5.74, 6) is -0.419. The first kappa shape index (κ1) is 17.8. The van der Waals surface area contributed by atoms with Crippen LogP contribution in [0.25, 0.3) is 0 Å². The number of carbonyl (C=O) groups is 2. The zero-order chi connectivity index (χ0) is 17.0. The molecule has 2 rings (SSSR count). The molecule has 1 fully saturated rings. The van der Waals surface area contributed by atoms with Crippen LogP contribution in [0.5, 0.6) is 0 Å². The van der Waals surface area contributed by atoms with Gasteiger partial charge in [0.1, 0.15) is 0 Å². The number of hydrogen-bond donors (Lipinski definition) is 1. The number of rotatable bonds is 4. The van der Waals surface area contributed by atoms with Crippen molar-refractivity contribution >= 4 is 33.8 Å². The minimum absolute atomic E-state index is 0.0555. The van der Waals surface area contributed by atoms with Gasteiger partial charge in [0, 0.05) is 0 Å². The number of likely N-dealkylation sites (tertiary alicyclic amines) is 1. The fraction of sp³-hybridized carbons (Fsp3) is 0.471. The maximum atomic E-state index is 12.3. The number of benzene rings is 1. The predicted octanol–water partition coefficient (Wildman–Crippen LogP) is 1.48. The van der Waals surface area contributed by atoms with Crippen molar-refractivity contribution in [3.8, 4) is 6.07 Å². The topological polar surface area (TPSA) is 73.2 Å². The van der Waals surface area contributed by atoms with Crippen LogP contribution in [0, 0.1) is 11.3 Å². The second kappa shape index (κ2) is 7.35. The summed E-state index contributed by atoms with van der Waals surface area (Å²) in [6.45, 7) is 0.543. The van der Waals surface area contributed by atoms with Crippen LogP contribution >= 0.6 is 0 Å². The molecule has 5 nitrogen and oxygen atoms in total. The van der Waals surface area contributed by atoms with Crippen molar-refractivity contribution in [2.24, 2.45) is 0 Å². The van der Waals surface area contributed by atoms with Crippen LogP contribution in [-0.2, 0) is 4.79 Å². The van der Waals surface area contributed by atoms with Crippen LogP contribution in [0.3, 0.4) is 0 Å². The number of hydrogen-bond acceptors (Lipinski definition) is 3. The van der Waals surface area contributed by atoms with Gasteiger partial charge < -0.3 is 0 Å². The number of nitriles is 1. The van der Waals surface area contributed by atoms with Gasteiger partial charge in [-0.25, -0.2) is 0 Å². The number of carbonyl (C=O) groups excluding carboxylic acids is 2. The monoisotopic (exact) mass is 421 g/mol. The summed E-state index contributed by atoms with van der Waals surface area (Å²) in [4.78, 5) is 32.9. The van der Waals surface area contributed by atoms with Gasteiger partial charge in [0.25, 0.3) is 0 Å². The van der Waals surface area contributed by atoms with E-state index in [0.29, 0.717) is 12.1 Å². The van der Waals surface area contributed by atoms with Gasteiger partial charge in [-0.3, -0.25) is 0 Å². The number of nitrogens with one attached hydrogen (secondary N) is 1. The van der Waals surface area contributed by atoms with E-state index in [1.54, 1.807) is 11.0 Å². The van der Waals surface area contributed by atoms with Crippen molar-refractivity contribution in [3.05, 3.63) is 29.8 Å². The van der Waals surface area contributed by atoms with E-state index < -0.39 is 18.4 Å². The average Bonchev–Trinajstić information content (AvgIpc) is 3.00. The van der Waals surface area contributed by atoms with Crippen LogP contribution in [0.15, 0.2) is 24.3 Å². The van der Waals surface area contributed by atoms with Gasteiger partial charge in [-0.1, -0.05) is 0 Å². The SMILES string of the molecule is [CH3][Sn]([CH3])([CH3])[c]1cccc(C(=O)NCC(=O)N2CCCC2C#N)c1. The van der Waals surface area contributed by atoms with Crippen LogP contribution in [0.1, 0.15) is 23.2 Å². The van der Waals surface area contributed by atoms with Crippen LogP contribution in [0.4, 0.5) is 0 Å². The van der Waals surface area contributed by atoms with E-state index >= 15 is 0 Å². The Morgan fingerprint density at radius 3 is 2.78 bits per heavy atom. The first-order valence-electron chi connectivity index (χ1n) is 7.91. The molecule has 1 saturated heterocycles. The Morgan fingerprint density at radius 1 is 1.39 bits per heavy atom. The molecule has 1 aliphatic rings. The molecule has 0 spiro atoms. The second-order valence-corrected chi connectivity index (χ2v) is 21.4. The Bertz CT molecular complexity index is 646. The Kier molecular flexibility index (Phi) is 5.68. The molecular formula is C17H23N3O2Sn. The Hall–Kier alpha value is -1.55. The predicted molar refractivity (Wildman–Crippen MR) is 92.1 cm³/mol. The molecule has 6 heteroatoms. The summed E-state index contributed by atoms with van der Waals surface area (Å²) < 4.78 is 1.28.